The van der Waals surface area contributed by atoms with E-state index in [0.29, 0.717) is 25.9 Å². The number of phenols is 1. The van der Waals surface area contributed by atoms with Crippen molar-refractivity contribution < 1.29 is 14.3 Å². The van der Waals surface area contributed by atoms with Gasteiger partial charge in [-0.05, 0) is 75.7 Å². The lowest BCUT2D eigenvalue weighted by Gasteiger charge is -2.12. The number of furan rings is 1. The van der Waals surface area contributed by atoms with Gasteiger partial charge in [-0.15, -0.1) is 5.10 Å². The predicted molar refractivity (Wildman–Crippen MR) is 138 cm³/mol. The Balaban J connectivity index is 1.65. The van der Waals surface area contributed by atoms with Crippen LogP contribution in [0, 0.1) is 0 Å². The van der Waals surface area contributed by atoms with Crippen molar-refractivity contribution in [2.45, 2.75) is 6.54 Å². The third-order valence-corrected chi connectivity index (χ3v) is 6.88. The number of aromatic hydroxyl groups is 1. The number of carbonyl (C=O) groups excluding carboxylic acids is 1. The van der Waals surface area contributed by atoms with Crippen LogP contribution >= 0.6 is 59.6 Å². The van der Waals surface area contributed by atoms with E-state index >= 15 is 0 Å². The van der Waals surface area contributed by atoms with Crippen LogP contribution in [-0.4, -0.2) is 27.3 Å². The predicted octanol–water partition coefficient (Wildman–Crippen LogP) is 6.78. The summed E-state index contributed by atoms with van der Waals surface area (Å²) in [4.78, 5) is 15.1. The highest BCUT2D eigenvalue weighted by molar-refractivity contribution is 9.11. The molecule has 0 aliphatic carbocycles. The molecule has 1 aliphatic heterocycles. The molecule has 3 aromatic rings. The molecule has 1 aliphatic rings. The molecule has 0 bridgehead atoms. The van der Waals surface area contributed by atoms with Crippen LogP contribution in [0.15, 0.2) is 87.7 Å². The zero-order chi connectivity index (χ0) is 22.7. The van der Waals surface area contributed by atoms with Gasteiger partial charge in [0.15, 0.2) is 5.17 Å². The minimum atomic E-state index is -0.187. The van der Waals surface area contributed by atoms with Crippen molar-refractivity contribution in [1.29, 1.82) is 0 Å². The second kappa shape index (κ2) is 10.2. The Kier molecular flexibility index (Phi) is 7.34. The summed E-state index contributed by atoms with van der Waals surface area (Å²) < 4.78 is 7.65. The van der Waals surface area contributed by atoms with Gasteiger partial charge < -0.3 is 9.52 Å². The molecule has 2 heterocycles. The molecule has 0 unspecified atom stereocenters. The number of amidine groups is 1. The monoisotopic (exact) mass is 637 g/mol. The van der Waals surface area contributed by atoms with Crippen LogP contribution in [0.4, 0.5) is 0 Å². The second-order valence-corrected chi connectivity index (χ2v) is 10.3. The van der Waals surface area contributed by atoms with Crippen LogP contribution in [-0.2, 0) is 11.3 Å². The Labute approximate surface area is 213 Å². The van der Waals surface area contributed by atoms with Crippen molar-refractivity contribution in [3.63, 3.8) is 0 Å². The van der Waals surface area contributed by atoms with Gasteiger partial charge in [0.05, 0.1) is 28.4 Å². The van der Waals surface area contributed by atoms with Crippen molar-refractivity contribution in [3.05, 3.63) is 90.0 Å². The lowest BCUT2D eigenvalue weighted by atomic mass is 10.2. The summed E-state index contributed by atoms with van der Waals surface area (Å²) in [5.41, 5.74) is 1.37. The number of thioether (sulfide) groups is 1. The highest BCUT2D eigenvalue weighted by Gasteiger charge is 2.34. The van der Waals surface area contributed by atoms with Crippen LogP contribution in [0.1, 0.15) is 16.9 Å². The van der Waals surface area contributed by atoms with Crippen molar-refractivity contribution in [2.75, 3.05) is 0 Å². The first-order valence-electron chi connectivity index (χ1n) is 9.19. The Morgan fingerprint density at radius 1 is 1.09 bits per heavy atom. The zero-order valence-electron chi connectivity index (χ0n) is 16.2. The summed E-state index contributed by atoms with van der Waals surface area (Å²) in [7, 11) is 0. The number of amides is 1. The third kappa shape index (κ3) is 5.43. The Morgan fingerprint density at radius 2 is 1.94 bits per heavy atom. The normalized spacial score (nSPS) is 16.7. The molecule has 162 valence electrons. The van der Waals surface area contributed by atoms with E-state index in [2.05, 4.69) is 58.0 Å². The molecule has 0 saturated carbocycles. The first-order chi connectivity index (χ1) is 15.4. The van der Waals surface area contributed by atoms with E-state index in [1.54, 1.807) is 30.5 Å². The number of hydrogen-bond donors (Lipinski definition) is 1. The molecule has 1 amide bonds. The van der Waals surface area contributed by atoms with Gasteiger partial charge in [0.2, 0.25) is 0 Å². The number of hydrogen-bond acceptors (Lipinski definition) is 6. The lowest BCUT2D eigenvalue weighted by Crippen LogP contribution is -2.28. The van der Waals surface area contributed by atoms with Gasteiger partial charge in [0.25, 0.3) is 5.91 Å². The molecule has 0 spiro atoms. The van der Waals surface area contributed by atoms with Gasteiger partial charge in [-0.3, -0.25) is 9.69 Å². The van der Waals surface area contributed by atoms with E-state index in [1.807, 2.05) is 30.3 Å². The van der Waals surface area contributed by atoms with Gasteiger partial charge in [-0.2, -0.15) is 5.10 Å². The molecule has 1 N–H and O–H groups in total. The largest absolute Gasteiger partial charge is 0.506 e. The number of carbonyl (C=O) groups is 1. The van der Waals surface area contributed by atoms with Gasteiger partial charge >= 0.3 is 0 Å². The van der Waals surface area contributed by atoms with Crippen LogP contribution in [0.3, 0.4) is 0 Å². The molecule has 0 radical (unpaired) electrons. The summed E-state index contributed by atoms with van der Waals surface area (Å²) in [6.07, 6.45) is 4.81. The van der Waals surface area contributed by atoms with E-state index in [4.69, 9.17) is 4.42 Å². The van der Waals surface area contributed by atoms with Crippen LogP contribution in [0.25, 0.3) is 6.08 Å². The molecule has 6 nitrogen and oxygen atoms in total. The summed E-state index contributed by atoms with van der Waals surface area (Å²) in [5, 5.41) is 19.0. The summed E-state index contributed by atoms with van der Waals surface area (Å²) in [6.45, 7) is 0.233. The summed E-state index contributed by atoms with van der Waals surface area (Å²) in [5.74, 6) is 0.497. The minimum Gasteiger partial charge on any atom is -0.506 e. The molecule has 1 saturated heterocycles. The third-order valence-electron chi connectivity index (χ3n) is 4.33. The van der Waals surface area contributed by atoms with Crippen LogP contribution in [0.2, 0.25) is 0 Å². The topological polar surface area (TPSA) is 78.4 Å². The smallest absolute Gasteiger partial charge is 0.267 e. The molecule has 1 fully saturated rings. The number of benzene rings is 2. The SMILES string of the molecule is O=C1/C(=C/c2cccc(Br)c2)S/C(=N/N=C\c2cc(Br)cc(Br)c2O)N1Cc1ccco1. The standard InChI is InChI=1S/C22H14Br3N3O3S/c23-15-4-1-3-13(7-15)8-19-21(30)28(12-17-5-2-6-31-17)22(32-19)27-26-11-14-9-16(24)10-18(25)20(14)29/h1-11,29H,12H2/b19-8-,26-11-,27-22+. The van der Waals surface area contributed by atoms with Crippen molar-refractivity contribution in [3.8, 4) is 5.75 Å². The molecule has 0 atom stereocenters. The maximum absolute atomic E-state index is 13.1. The van der Waals surface area contributed by atoms with Crippen molar-refractivity contribution in [2.24, 2.45) is 10.2 Å². The van der Waals surface area contributed by atoms with E-state index in [9.17, 15) is 9.90 Å². The van der Waals surface area contributed by atoms with Crippen LogP contribution < -0.4 is 0 Å². The molecule has 2 aromatic carbocycles. The number of phenolic OH excluding ortho intramolecular Hbond substituents is 1. The van der Waals surface area contributed by atoms with E-state index < -0.39 is 0 Å². The fourth-order valence-electron chi connectivity index (χ4n) is 2.85. The molecule has 1 aromatic heterocycles. The van der Waals surface area contributed by atoms with Gasteiger partial charge in [-0.25, -0.2) is 0 Å². The number of nitrogens with zero attached hydrogens (tertiary/aromatic N) is 3. The minimum absolute atomic E-state index is 0.0509. The Bertz CT molecular complexity index is 1260. The van der Waals surface area contributed by atoms with Gasteiger partial charge in [0, 0.05) is 14.5 Å². The average molecular weight is 640 g/mol. The highest BCUT2D eigenvalue weighted by Crippen LogP contribution is 2.34. The average Bonchev–Trinajstić information content (AvgIpc) is 3.36. The molecular weight excluding hydrogens is 626 g/mol. The first kappa shape index (κ1) is 23.0. The molecular formula is C22H14Br3N3O3S. The molecule has 4 rings (SSSR count). The second-order valence-electron chi connectivity index (χ2n) is 6.59. The lowest BCUT2D eigenvalue weighted by molar-refractivity contribution is -0.122. The molecule has 10 heteroatoms. The number of halogens is 3. The van der Waals surface area contributed by atoms with Gasteiger partial charge in [0.1, 0.15) is 11.5 Å². The fourth-order valence-corrected chi connectivity index (χ4v) is 5.46. The van der Waals surface area contributed by atoms with Gasteiger partial charge in [-0.1, -0.05) is 44.0 Å². The molecule has 32 heavy (non-hydrogen) atoms. The highest BCUT2D eigenvalue weighted by atomic mass is 79.9. The quantitative estimate of drug-likeness (QED) is 0.190. The summed E-state index contributed by atoms with van der Waals surface area (Å²) in [6, 6.07) is 14.7. The first-order valence-corrected chi connectivity index (χ1v) is 12.4. The van der Waals surface area contributed by atoms with E-state index in [0.717, 1.165) is 14.5 Å². The van der Waals surface area contributed by atoms with Crippen molar-refractivity contribution >= 4 is 82.9 Å². The summed E-state index contributed by atoms with van der Waals surface area (Å²) >= 11 is 11.4. The Hall–Kier alpha value is -2.14. The fraction of sp³-hybridized carbons (Fsp3) is 0.0455. The zero-order valence-corrected chi connectivity index (χ0v) is 21.8. The van der Waals surface area contributed by atoms with Crippen molar-refractivity contribution in [1.82, 2.24) is 4.90 Å². The Morgan fingerprint density at radius 3 is 2.69 bits per heavy atom. The maximum atomic E-state index is 13.1. The maximum Gasteiger partial charge on any atom is 0.267 e. The number of rotatable bonds is 5. The van der Waals surface area contributed by atoms with Crippen LogP contribution in [0.5, 0.6) is 5.75 Å². The van der Waals surface area contributed by atoms with E-state index in [1.165, 1.54) is 22.9 Å². The van der Waals surface area contributed by atoms with E-state index in [-0.39, 0.29) is 18.2 Å².